The molecule has 12 rings (SSSR count). The van der Waals surface area contributed by atoms with Crippen LogP contribution in [0.25, 0.3) is 55.4 Å². The summed E-state index contributed by atoms with van der Waals surface area (Å²) < 4.78 is 13.5. The highest BCUT2D eigenvalue weighted by molar-refractivity contribution is 6.18. The SMILES string of the molecule is C1=[N+]=Cc2c1c1c(n2-c2ccc(-c3ccc(-n4c5ccccc5c5c6c(ccc54)C(c4ccccc4)(c4ccccc4)c4ncccc4-6)cc3)cc2)C=[N+]=C1. The summed E-state index contributed by atoms with van der Waals surface area (Å²) in [7, 11) is 0. The van der Waals surface area contributed by atoms with Crippen LogP contribution in [0.4, 0.5) is 0 Å². The van der Waals surface area contributed by atoms with Crippen molar-refractivity contribution < 1.29 is 0 Å². The van der Waals surface area contributed by atoms with Gasteiger partial charge in [-0.1, -0.05) is 125 Å². The number of fused-ring (bicyclic) bond motifs is 10. The second kappa shape index (κ2) is 11.2. The first-order valence-electron chi connectivity index (χ1n) is 18.7. The molecule has 0 fully saturated rings. The van der Waals surface area contributed by atoms with Crippen molar-refractivity contribution in [3.05, 3.63) is 209 Å². The topological polar surface area (TPSA) is 51.0 Å². The third kappa shape index (κ3) is 4.00. The first-order chi connectivity index (χ1) is 27.3. The molecule has 6 aromatic carbocycles. The highest BCUT2D eigenvalue weighted by atomic mass is 15.0. The number of aromatic nitrogens is 3. The van der Waals surface area contributed by atoms with E-state index in [9.17, 15) is 0 Å². The van der Waals surface area contributed by atoms with Crippen LogP contribution in [0.3, 0.4) is 0 Å². The van der Waals surface area contributed by atoms with Crippen molar-refractivity contribution in [3.8, 4) is 33.6 Å². The quantitative estimate of drug-likeness (QED) is 0.166. The summed E-state index contributed by atoms with van der Waals surface area (Å²) in [4.78, 5) is 5.20. The van der Waals surface area contributed by atoms with E-state index in [1.165, 1.54) is 60.8 Å². The normalized spacial score (nSPS) is 13.8. The Morgan fingerprint density at radius 3 is 1.69 bits per heavy atom. The molecule has 1 aliphatic carbocycles. The van der Waals surface area contributed by atoms with Crippen LogP contribution < -0.4 is 9.34 Å². The van der Waals surface area contributed by atoms with Crippen LogP contribution >= 0.6 is 0 Å². The fraction of sp³-hybridized carbons (Fsp3) is 0.0200. The summed E-state index contributed by atoms with van der Waals surface area (Å²) in [6, 6.07) is 57.4. The second-order valence-corrected chi connectivity index (χ2v) is 14.5. The summed E-state index contributed by atoms with van der Waals surface area (Å²) in [5.41, 5.74) is 18.0. The van der Waals surface area contributed by atoms with Crippen LogP contribution in [0.2, 0.25) is 0 Å². The van der Waals surface area contributed by atoms with Gasteiger partial charge in [-0.25, -0.2) is 0 Å². The second-order valence-electron chi connectivity index (χ2n) is 14.5. The lowest BCUT2D eigenvalue weighted by Gasteiger charge is -2.32. The molecule has 5 heteroatoms. The molecule has 0 unspecified atom stereocenters. The fourth-order valence-corrected chi connectivity index (χ4v) is 9.51. The molecule has 2 aliphatic heterocycles. The van der Waals surface area contributed by atoms with Crippen molar-refractivity contribution in [1.82, 2.24) is 23.5 Å². The average Bonchev–Trinajstić information content (AvgIpc) is 4.08. The Morgan fingerprint density at radius 1 is 0.473 bits per heavy atom. The molecule has 0 saturated heterocycles. The van der Waals surface area contributed by atoms with Gasteiger partial charge in [-0.15, -0.1) is 0 Å². The molecule has 5 nitrogen and oxygen atoms in total. The van der Waals surface area contributed by atoms with E-state index in [1.807, 2.05) is 31.1 Å². The van der Waals surface area contributed by atoms with Crippen LogP contribution in [-0.2, 0) is 5.41 Å². The average molecular weight is 702 g/mol. The third-order valence-electron chi connectivity index (χ3n) is 11.8. The lowest BCUT2D eigenvalue weighted by atomic mass is 9.69. The van der Waals surface area contributed by atoms with Crippen molar-refractivity contribution >= 4 is 46.7 Å². The maximum Gasteiger partial charge on any atom is 0.317 e. The van der Waals surface area contributed by atoms with Crippen LogP contribution in [0, 0.1) is 0 Å². The molecule has 0 saturated carbocycles. The molecule has 0 N–H and O–H groups in total. The summed E-state index contributed by atoms with van der Waals surface area (Å²) in [6.07, 6.45) is 9.66. The molecule has 0 amide bonds. The molecular formula is C50H31N5+2. The number of hydrogen-bond donors (Lipinski definition) is 0. The number of para-hydroxylation sites is 1. The van der Waals surface area contributed by atoms with Crippen molar-refractivity contribution in [3.63, 3.8) is 0 Å². The summed E-state index contributed by atoms with van der Waals surface area (Å²) >= 11 is 0. The predicted octanol–water partition coefficient (Wildman–Crippen LogP) is 8.84. The monoisotopic (exact) mass is 701 g/mol. The van der Waals surface area contributed by atoms with Crippen molar-refractivity contribution in [2.45, 2.75) is 5.41 Å². The molecule has 0 bridgehead atoms. The Balaban J connectivity index is 1.01. The smallest absolute Gasteiger partial charge is 0.309 e. The van der Waals surface area contributed by atoms with E-state index < -0.39 is 5.41 Å². The van der Waals surface area contributed by atoms with Gasteiger partial charge in [0.25, 0.3) is 0 Å². The Labute approximate surface area is 316 Å². The minimum absolute atomic E-state index is 0.553. The molecule has 9 aromatic rings. The van der Waals surface area contributed by atoms with Gasteiger partial charge < -0.3 is 4.57 Å². The highest BCUT2D eigenvalue weighted by Crippen LogP contribution is 2.58. The van der Waals surface area contributed by atoms with E-state index in [0.717, 1.165) is 39.6 Å². The predicted molar refractivity (Wildman–Crippen MR) is 226 cm³/mol. The lowest BCUT2D eigenvalue weighted by molar-refractivity contribution is 0.738. The van der Waals surface area contributed by atoms with E-state index >= 15 is 0 Å². The zero-order valence-corrected chi connectivity index (χ0v) is 29.6. The number of benzene rings is 6. The fourth-order valence-electron chi connectivity index (χ4n) is 9.51. The van der Waals surface area contributed by atoms with E-state index in [2.05, 4.69) is 176 Å². The maximum absolute atomic E-state index is 5.20. The van der Waals surface area contributed by atoms with Gasteiger partial charge in [0.05, 0.1) is 22.1 Å². The molecule has 3 aromatic heterocycles. The van der Waals surface area contributed by atoms with Crippen LogP contribution in [-0.4, -0.2) is 39.0 Å². The summed E-state index contributed by atoms with van der Waals surface area (Å²) in [5.74, 6) is 0. The standard InChI is InChI=1S/C50H31N5/c1-3-10-34(11-4-1)50(35-12-5-2-6-13-35)42-25-26-44-48(47(42)39-15-9-27-53-49(39)50)38-14-7-8-16-43(38)54(44)36-21-17-32(18-22-36)33-19-23-37(24-20-33)55-45-30-51-28-40(45)41-29-52-31-46(41)55/h1-31H/q+2. The van der Waals surface area contributed by atoms with E-state index in [1.54, 1.807) is 0 Å². The Hall–Kier alpha value is -7.55. The molecule has 0 radical (unpaired) electrons. The van der Waals surface area contributed by atoms with Gasteiger partial charge in [-0.05, 0) is 75.8 Å². The first-order valence-corrected chi connectivity index (χ1v) is 18.7. The maximum atomic E-state index is 5.20. The zero-order valence-electron chi connectivity index (χ0n) is 29.6. The number of rotatable bonds is 5. The van der Waals surface area contributed by atoms with E-state index in [-0.39, 0.29) is 0 Å². The molecule has 0 spiro atoms. The van der Waals surface area contributed by atoms with E-state index in [4.69, 9.17) is 4.98 Å². The number of pyridine rings is 1. The van der Waals surface area contributed by atoms with Gasteiger partial charge in [0, 0.05) is 33.9 Å². The van der Waals surface area contributed by atoms with Crippen molar-refractivity contribution in [1.29, 1.82) is 0 Å². The number of hydrogen-bond acceptors (Lipinski definition) is 1. The minimum atomic E-state index is -0.553. The molecule has 0 atom stereocenters. The van der Waals surface area contributed by atoms with Crippen LogP contribution in [0.1, 0.15) is 44.9 Å². The largest absolute Gasteiger partial charge is 0.317 e. The van der Waals surface area contributed by atoms with Crippen LogP contribution in [0.15, 0.2) is 164 Å². The van der Waals surface area contributed by atoms with Crippen molar-refractivity contribution in [2.24, 2.45) is 0 Å². The Bertz CT molecular complexity index is 3100. The Kier molecular flexibility index (Phi) is 6.12. The lowest BCUT2D eigenvalue weighted by Crippen LogP contribution is -2.29. The van der Waals surface area contributed by atoms with Gasteiger partial charge in [-0.2, -0.15) is 0 Å². The molecule has 254 valence electrons. The van der Waals surface area contributed by atoms with Gasteiger partial charge in [0.2, 0.25) is 0 Å². The van der Waals surface area contributed by atoms with Crippen LogP contribution in [0.5, 0.6) is 0 Å². The van der Waals surface area contributed by atoms with Gasteiger partial charge in [0.15, 0.2) is 0 Å². The van der Waals surface area contributed by atoms with E-state index in [0.29, 0.717) is 0 Å². The summed E-state index contributed by atoms with van der Waals surface area (Å²) in [6.45, 7) is 0. The highest BCUT2D eigenvalue weighted by Gasteiger charge is 2.48. The summed E-state index contributed by atoms with van der Waals surface area (Å²) in [5, 5.41) is 2.48. The minimum Gasteiger partial charge on any atom is -0.309 e. The van der Waals surface area contributed by atoms with Gasteiger partial charge >= 0.3 is 24.9 Å². The van der Waals surface area contributed by atoms with Crippen molar-refractivity contribution in [2.75, 3.05) is 0 Å². The molecule has 5 heterocycles. The molecule has 55 heavy (non-hydrogen) atoms. The Morgan fingerprint density at radius 2 is 1.05 bits per heavy atom. The third-order valence-corrected chi connectivity index (χ3v) is 11.8. The van der Waals surface area contributed by atoms with Gasteiger partial charge in [0.1, 0.15) is 22.5 Å². The molecule has 3 aliphatic rings. The first kappa shape index (κ1) is 30.0. The zero-order chi connectivity index (χ0) is 36.1. The molecular weight excluding hydrogens is 671 g/mol. The van der Waals surface area contributed by atoms with Gasteiger partial charge in [-0.3, -0.25) is 9.55 Å². The number of nitrogens with zero attached hydrogens (tertiary/aromatic N) is 5.